The van der Waals surface area contributed by atoms with E-state index in [-0.39, 0.29) is 0 Å². The van der Waals surface area contributed by atoms with Crippen LogP contribution in [0.5, 0.6) is 0 Å². The number of hydrogen-bond acceptors (Lipinski definition) is 4. The number of carboxylic acid groups (broad SMARTS) is 1. The lowest BCUT2D eigenvalue weighted by atomic mass is 10.1. The third-order valence-electron chi connectivity index (χ3n) is 2.04. The number of carbonyl (C=O) groups is 1. The summed E-state index contributed by atoms with van der Waals surface area (Å²) in [5.41, 5.74) is -0.844. The van der Waals surface area contributed by atoms with Gasteiger partial charge < -0.3 is 10.4 Å². The Hall–Kier alpha value is -0.520. The molecule has 1 unspecified atom stereocenters. The van der Waals surface area contributed by atoms with E-state index in [4.69, 9.17) is 5.11 Å². The fourth-order valence-electron chi connectivity index (χ4n) is 1.14. The van der Waals surface area contributed by atoms with E-state index in [1.807, 2.05) is 24.4 Å². The zero-order valence-corrected chi connectivity index (χ0v) is 10.5. The highest BCUT2D eigenvalue weighted by Gasteiger charge is 2.32. The van der Waals surface area contributed by atoms with Crippen molar-refractivity contribution in [3.8, 4) is 0 Å². The monoisotopic (exact) mass is 245 g/mol. The lowest BCUT2D eigenvalue weighted by Gasteiger charge is -2.24. The Balaban J connectivity index is 2.56. The van der Waals surface area contributed by atoms with E-state index in [1.165, 1.54) is 0 Å². The topological polar surface area (TPSA) is 49.3 Å². The van der Waals surface area contributed by atoms with E-state index in [1.54, 1.807) is 30.0 Å². The summed E-state index contributed by atoms with van der Waals surface area (Å²) < 4.78 is 1.15. The largest absolute Gasteiger partial charge is 0.480 e. The van der Waals surface area contributed by atoms with Crippen molar-refractivity contribution in [1.82, 2.24) is 5.32 Å². The minimum atomic E-state index is -0.844. The molecule has 3 nitrogen and oxygen atoms in total. The second-order valence-corrected chi connectivity index (χ2v) is 5.61. The Bertz CT molecular complexity index is 313. The zero-order valence-electron chi connectivity index (χ0n) is 8.82. The Morgan fingerprint density at radius 1 is 1.73 bits per heavy atom. The number of likely N-dealkylation sites (N-methyl/N-ethyl adjacent to an activating group) is 1. The number of nitrogens with one attached hydrogen (secondary N) is 1. The molecule has 2 N–H and O–H groups in total. The first-order chi connectivity index (χ1) is 7.08. The minimum absolute atomic E-state index is 0.538. The van der Waals surface area contributed by atoms with Gasteiger partial charge in [-0.15, -0.1) is 23.1 Å². The summed E-state index contributed by atoms with van der Waals surface area (Å²) in [7, 11) is 0. The van der Waals surface area contributed by atoms with Crippen LogP contribution in [0, 0.1) is 0 Å². The molecule has 0 saturated carbocycles. The molecular weight excluding hydrogens is 230 g/mol. The van der Waals surface area contributed by atoms with Gasteiger partial charge in [0.15, 0.2) is 0 Å². The van der Waals surface area contributed by atoms with E-state index in [0.29, 0.717) is 12.3 Å². The van der Waals surface area contributed by atoms with Crippen LogP contribution in [-0.2, 0) is 4.79 Å². The first-order valence-electron chi connectivity index (χ1n) is 4.73. The molecule has 0 saturated heterocycles. The third-order valence-corrected chi connectivity index (χ3v) is 4.48. The molecule has 0 spiro atoms. The van der Waals surface area contributed by atoms with Crippen LogP contribution in [0.2, 0.25) is 0 Å². The van der Waals surface area contributed by atoms with E-state index < -0.39 is 11.5 Å². The molecule has 1 heterocycles. The number of carboxylic acids is 1. The maximum Gasteiger partial charge on any atom is 0.324 e. The number of hydrogen-bond donors (Lipinski definition) is 2. The first kappa shape index (κ1) is 12.5. The fraction of sp³-hybridized carbons (Fsp3) is 0.500. The molecule has 0 fully saturated rings. The van der Waals surface area contributed by atoms with Gasteiger partial charge in [-0.1, -0.05) is 13.0 Å². The standard InChI is InChI=1S/C10H15NO2S2/c1-3-11-10(2,9(12)13)7-15-8-5-4-6-14-8/h4-6,11H,3,7H2,1-2H3,(H,12,13). The Morgan fingerprint density at radius 2 is 2.47 bits per heavy atom. The van der Waals surface area contributed by atoms with Crippen LogP contribution in [0.15, 0.2) is 21.7 Å². The van der Waals surface area contributed by atoms with Crippen molar-refractivity contribution in [3.63, 3.8) is 0 Å². The number of thiophene rings is 1. The average molecular weight is 245 g/mol. The predicted octanol–water partition coefficient (Wildman–Crippen LogP) is 2.29. The second-order valence-electron chi connectivity index (χ2n) is 3.39. The molecule has 0 aromatic carbocycles. The van der Waals surface area contributed by atoms with E-state index in [2.05, 4.69) is 5.32 Å². The lowest BCUT2D eigenvalue weighted by molar-refractivity contribution is -0.143. The van der Waals surface area contributed by atoms with E-state index >= 15 is 0 Å². The number of aliphatic carboxylic acids is 1. The molecule has 1 aromatic heterocycles. The van der Waals surface area contributed by atoms with Gasteiger partial charge in [0.25, 0.3) is 0 Å². The number of thioether (sulfide) groups is 1. The van der Waals surface area contributed by atoms with Crippen molar-refractivity contribution in [2.24, 2.45) is 0 Å². The van der Waals surface area contributed by atoms with Gasteiger partial charge >= 0.3 is 5.97 Å². The molecule has 0 aliphatic carbocycles. The summed E-state index contributed by atoms with van der Waals surface area (Å²) in [6, 6.07) is 3.97. The van der Waals surface area contributed by atoms with Gasteiger partial charge in [0.1, 0.15) is 5.54 Å². The molecule has 1 rings (SSSR count). The predicted molar refractivity (Wildman–Crippen MR) is 64.8 cm³/mol. The summed E-state index contributed by atoms with van der Waals surface area (Å²) in [4.78, 5) is 11.1. The SMILES string of the molecule is CCNC(C)(CSc1cccs1)C(=O)O. The Kier molecular flexibility index (Phi) is 4.63. The first-order valence-corrected chi connectivity index (χ1v) is 6.60. The molecule has 0 amide bonds. The highest BCUT2D eigenvalue weighted by molar-refractivity contribution is 8.01. The third kappa shape index (κ3) is 3.52. The molecular formula is C10H15NO2S2. The Morgan fingerprint density at radius 3 is 2.93 bits per heavy atom. The normalized spacial score (nSPS) is 14.8. The molecule has 15 heavy (non-hydrogen) atoms. The summed E-state index contributed by atoms with van der Waals surface area (Å²) in [5, 5.41) is 14.1. The Labute approximate surface area is 97.9 Å². The molecule has 84 valence electrons. The molecule has 0 aliphatic heterocycles. The highest BCUT2D eigenvalue weighted by atomic mass is 32.2. The quantitative estimate of drug-likeness (QED) is 0.755. The van der Waals surface area contributed by atoms with Crippen LogP contribution in [0.3, 0.4) is 0 Å². The highest BCUT2D eigenvalue weighted by Crippen LogP contribution is 2.26. The average Bonchev–Trinajstić information content (AvgIpc) is 2.67. The minimum Gasteiger partial charge on any atom is -0.480 e. The molecule has 5 heteroatoms. The van der Waals surface area contributed by atoms with Crippen LogP contribution in [-0.4, -0.2) is 28.9 Å². The van der Waals surface area contributed by atoms with Crippen LogP contribution in [0.1, 0.15) is 13.8 Å². The van der Waals surface area contributed by atoms with Crippen molar-refractivity contribution in [1.29, 1.82) is 0 Å². The van der Waals surface area contributed by atoms with Crippen LogP contribution in [0.4, 0.5) is 0 Å². The van der Waals surface area contributed by atoms with Crippen molar-refractivity contribution >= 4 is 29.1 Å². The van der Waals surface area contributed by atoms with Crippen molar-refractivity contribution in [3.05, 3.63) is 17.5 Å². The maximum atomic E-state index is 11.1. The van der Waals surface area contributed by atoms with Crippen molar-refractivity contribution in [2.45, 2.75) is 23.6 Å². The van der Waals surface area contributed by atoms with Gasteiger partial charge in [-0.2, -0.15) is 0 Å². The molecule has 0 aliphatic rings. The van der Waals surface area contributed by atoms with Crippen LogP contribution < -0.4 is 5.32 Å². The van der Waals surface area contributed by atoms with Crippen molar-refractivity contribution in [2.75, 3.05) is 12.3 Å². The van der Waals surface area contributed by atoms with Crippen LogP contribution >= 0.6 is 23.1 Å². The molecule has 1 atom stereocenters. The van der Waals surface area contributed by atoms with Gasteiger partial charge in [0.2, 0.25) is 0 Å². The van der Waals surface area contributed by atoms with Gasteiger partial charge in [0.05, 0.1) is 4.21 Å². The van der Waals surface area contributed by atoms with Gasteiger partial charge in [-0.25, -0.2) is 0 Å². The van der Waals surface area contributed by atoms with Crippen molar-refractivity contribution < 1.29 is 9.90 Å². The maximum absolute atomic E-state index is 11.1. The number of rotatable bonds is 6. The summed E-state index contributed by atoms with van der Waals surface area (Å²) in [6.07, 6.45) is 0. The summed E-state index contributed by atoms with van der Waals surface area (Å²) >= 11 is 3.21. The molecule has 1 aromatic rings. The molecule has 0 radical (unpaired) electrons. The van der Waals surface area contributed by atoms with E-state index in [0.717, 1.165) is 4.21 Å². The summed E-state index contributed by atoms with van der Waals surface area (Å²) in [5.74, 6) is -0.259. The second kappa shape index (κ2) is 5.53. The van der Waals surface area contributed by atoms with Gasteiger partial charge in [-0.05, 0) is 24.9 Å². The van der Waals surface area contributed by atoms with Gasteiger partial charge in [-0.3, -0.25) is 4.79 Å². The zero-order chi connectivity index (χ0) is 11.3. The van der Waals surface area contributed by atoms with Gasteiger partial charge in [0, 0.05) is 5.75 Å². The molecule has 0 bridgehead atoms. The van der Waals surface area contributed by atoms with Crippen LogP contribution in [0.25, 0.3) is 0 Å². The fourth-order valence-corrected chi connectivity index (χ4v) is 3.03. The smallest absolute Gasteiger partial charge is 0.324 e. The van der Waals surface area contributed by atoms with E-state index in [9.17, 15) is 4.79 Å². The summed E-state index contributed by atoms with van der Waals surface area (Å²) in [6.45, 7) is 4.30. The lowest BCUT2D eigenvalue weighted by Crippen LogP contribution is -2.51.